The molecule has 2 atom stereocenters. The lowest BCUT2D eigenvalue weighted by Crippen LogP contribution is -2.32. The Morgan fingerprint density at radius 3 is 2.86 bits per heavy atom. The fraction of sp³-hybridized carbons (Fsp3) is 0.625. The highest BCUT2D eigenvalue weighted by Crippen LogP contribution is 2.24. The highest BCUT2D eigenvalue weighted by atomic mass is 19.1. The van der Waals surface area contributed by atoms with E-state index in [1.165, 1.54) is 6.07 Å². The Labute approximate surface area is 129 Å². The summed E-state index contributed by atoms with van der Waals surface area (Å²) in [5, 5.41) is 10.2. The van der Waals surface area contributed by atoms with E-state index in [2.05, 4.69) is 4.98 Å². The second-order valence-corrected chi connectivity index (χ2v) is 6.25. The van der Waals surface area contributed by atoms with Crippen molar-refractivity contribution in [3.8, 4) is 0 Å². The molecule has 1 aromatic rings. The molecule has 2 aliphatic rings. The van der Waals surface area contributed by atoms with Crippen LogP contribution in [0.5, 0.6) is 0 Å². The first-order valence-electron chi connectivity index (χ1n) is 7.91. The average Bonchev–Trinajstić information content (AvgIpc) is 3.12. The quantitative estimate of drug-likeness (QED) is 0.902. The Kier molecular flexibility index (Phi) is 4.69. The summed E-state index contributed by atoms with van der Waals surface area (Å²) in [4.78, 5) is 20.1. The van der Waals surface area contributed by atoms with Crippen LogP contribution in [0.3, 0.4) is 0 Å². The summed E-state index contributed by atoms with van der Waals surface area (Å²) in [7, 11) is 0. The summed E-state index contributed by atoms with van der Waals surface area (Å²) in [5.41, 5.74) is 0.390. The van der Waals surface area contributed by atoms with E-state index in [0.717, 1.165) is 25.9 Å². The van der Waals surface area contributed by atoms with Crippen molar-refractivity contribution < 1.29 is 14.3 Å². The van der Waals surface area contributed by atoms with Crippen molar-refractivity contribution in [2.75, 3.05) is 26.2 Å². The van der Waals surface area contributed by atoms with Gasteiger partial charge in [0.15, 0.2) is 0 Å². The van der Waals surface area contributed by atoms with E-state index < -0.39 is 6.10 Å². The molecule has 5 nitrogen and oxygen atoms in total. The SMILES string of the molecule is O=C(C[C@H]1CN(Cc2ncccc2F)C[C@@H]1O)N1CCCC1. The van der Waals surface area contributed by atoms with Crippen molar-refractivity contribution in [3.63, 3.8) is 0 Å². The van der Waals surface area contributed by atoms with Crippen molar-refractivity contribution in [3.05, 3.63) is 29.8 Å². The molecule has 0 bridgehead atoms. The average molecular weight is 307 g/mol. The number of hydrogen-bond donors (Lipinski definition) is 1. The number of nitrogens with zero attached hydrogens (tertiary/aromatic N) is 3. The summed E-state index contributed by atoms with van der Waals surface area (Å²) in [5.74, 6) is -0.263. The summed E-state index contributed by atoms with van der Waals surface area (Å²) < 4.78 is 13.6. The van der Waals surface area contributed by atoms with E-state index in [4.69, 9.17) is 0 Å². The fourth-order valence-electron chi connectivity index (χ4n) is 3.34. The van der Waals surface area contributed by atoms with Gasteiger partial charge in [-0.15, -0.1) is 0 Å². The third-order valence-corrected chi connectivity index (χ3v) is 4.59. The Morgan fingerprint density at radius 1 is 1.36 bits per heavy atom. The summed E-state index contributed by atoms with van der Waals surface area (Å²) in [6, 6.07) is 2.96. The second kappa shape index (κ2) is 6.71. The smallest absolute Gasteiger partial charge is 0.222 e. The van der Waals surface area contributed by atoms with Gasteiger partial charge in [0, 0.05) is 51.3 Å². The number of aromatic nitrogens is 1. The van der Waals surface area contributed by atoms with E-state index in [1.807, 2.05) is 9.80 Å². The summed E-state index contributed by atoms with van der Waals surface area (Å²) >= 11 is 0. The Balaban J connectivity index is 1.55. The standard InChI is InChI=1S/C16H22FN3O2/c17-13-4-3-5-18-14(13)10-19-9-12(15(21)11-19)8-16(22)20-6-1-2-7-20/h3-5,12,15,21H,1-2,6-11H2/t12-,15-/m0/s1. The van der Waals surface area contributed by atoms with Crippen LogP contribution < -0.4 is 0 Å². The molecule has 2 fully saturated rings. The molecule has 1 amide bonds. The van der Waals surface area contributed by atoms with Gasteiger partial charge >= 0.3 is 0 Å². The first-order chi connectivity index (χ1) is 10.6. The molecule has 0 unspecified atom stereocenters. The van der Waals surface area contributed by atoms with Crippen LogP contribution in [0, 0.1) is 11.7 Å². The highest BCUT2D eigenvalue weighted by molar-refractivity contribution is 5.76. The molecule has 120 valence electrons. The molecule has 0 aromatic carbocycles. The van der Waals surface area contributed by atoms with Crippen LogP contribution in [0.1, 0.15) is 25.0 Å². The van der Waals surface area contributed by atoms with Gasteiger partial charge in [0.2, 0.25) is 5.91 Å². The minimum absolute atomic E-state index is 0.0696. The molecule has 3 heterocycles. The Morgan fingerprint density at radius 2 is 2.14 bits per heavy atom. The molecule has 0 aliphatic carbocycles. The van der Waals surface area contributed by atoms with Gasteiger partial charge in [0.1, 0.15) is 5.82 Å². The van der Waals surface area contributed by atoms with Crippen LogP contribution in [0.25, 0.3) is 0 Å². The molecular formula is C16H22FN3O2. The van der Waals surface area contributed by atoms with Gasteiger partial charge < -0.3 is 10.0 Å². The lowest BCUT2D eigenvalue weighted by molar-refractivity contribution is -0.131. The van der Waals surface area contributed by atoms with Crippen LogP contribution in [0.4, 0.5) is 4.39 Å². The van der Waals surface area contributed by atoms with E-state index in [-0.39, 0.29) is 17.6 Å². The van der Waals surface area contributed by atoms with Crippen molar-refractivity contribution >= 4 is 5.91 Å². The van der Waals surface area contributed by atoms with Crippen molar-refractivity contribution in [1.82, 2.24) is 14.8 Å². The number of halogens is 1. The number of hydrogen-bond acceptors (Lipinski definition) is 4. The molecule has 3 rings (SSSR count). The van der Waals surface area contributed by atoms with E-state index in [0.29, 0.717) is 31.7 Å². The second-order valence-electron chi connectivity index (χ2n) is 6.25. The Bertz CT molecular complexity index is 534. The first-order valence-corrected chi connectivity index (χ1v) is 7.91. The molecule has 0 spiro atoms. The fourth-order valence-corrected chi connectivity index (χ4v) is 3.34. The van der Waals surface area contributed by atoms with Crippen molar-refractivity contribution in [1.29, 1.82) is 0 Å². The predicted molar refractivity (Wildman–Crippen MR) is 79.4 cm³/mol. The van der Waals surface area contributed by atoms with Gasteiger partial charge in [-0.25, -0.2) is 4.39 Å². The molecular weight excluding hydrogens is 285 g/mol. The number of carbonyl (C=O) groups is 1. The van der Waals surface area contributed by atoms with Gasteiger partial charge in [0.05, 0.1) is 11.8 Å². The molecule has 1 N–H and O–H groups in total. The molecule has 2 aliphatic heterocycles. The van der Waals surface area contributed by atoms with Crippen LogP contribution >= 0.6 is 0 Å². The number of aliphatic hydroxyl groups excluding tert-OH is 1. The lowest BCUT2D eigenvalue weighted by Gasteiger charge is -2.19. The zero-order chi connectivity index (χ0) is 15.5. The van der Waals surface area contributed by atoms with Gasteiger partial charge in [-0.05, 0) is 25.0 Å². The molecule has 1 aromatic heterocycles. The van der Waals surface area contributed by atoms with Crippen molar-refractivity contribution in [2.24, 2.45) is 5.92 Å². The maximum Gasteiger partial charge on any atom is 0.222 e. The highest BCUT2D eigenvalue weighted by Gasteiger charge is 2.34. The zero-order valence-electron chi connectivity index (χ0n) is 12.6. The molecule has 0 radical (unpaired) electrons. The first kappa shape index (κ1) is 15.4. The minimum Gasteiger partial charge on any atom is -0.391 e. The zero-order valence-corrected chi connectivity index (χ0v) is 12.6. The summed E-state index contributed by atoms with van der Waals surface area (Å²) in [6.45, 7) is 3.12. The Hall–Kier alpha value is -1.53. The number of likely N-dealkylation sites (tertiary alicyclic amines) is 2. The van der Waals surface area contributed by atoms with Crippen LogP contribution in [0.2, 0.25) is 0 Å². The van der Waals surface area contributed by atoms with E-state index >= 15 is 0 Å². The number of rotatable bonds is 4. The summed E-state index contributed by atoms with van der Waals surface area (Å²) in [6.07, 6.45) is 3.56. The molecule has 22 heavy (non-hydrogen) atoms. The molecule has 0 saturated carbocycles. The number of pyridine rings is 1. The molecule has 2 saturated heterocycles. The predicted octanol–water partition coefficient (Wildman–Crippen LogP) is 1.03. The number of amides is 1. The lowest BCUT2D eigenvalue weighted by atomic mass is 10.0. The van der Waals surface area contributed by atoms with Crippen LogP contribution in [-0.2, 0) is 11.3 Å². The van der Waals surface area contributed by atoms with Crippen molar-refractivity contribution in [2.45, 2.75) is 31.9 Å². The van der Waals surface area contributed by atoms with Gasteiger partial charge in [-0.1, -0.05) is 0 Å². The number of aliphatic hydroxyl groups is 1. The third kappa shape index (κ3) is 3.44. The van der Waals surface area contributed by atoms with Crippen LogP contribution in [0.15, 0.2) is 18.3 Å². The third-order valence-electron chi connectivity index (χ3n) is 4.59. The van der Waals surface area contributed by atoms with Gasteiger partial charge in [0.25, 0.3) is 0 Å². The molecule has 6 heteroatoms. The number of carbonyl (C=O) groups excluding carboxylic acids is 1. The monoisotopic (exact) mass is 307 g/mol. The largest absolute Gasteiger partial charge is 0.391 e. The number of β-amino-alcohol motifs (C(OH)–C–C–N with tert-alkyl or cyclic N) is 1. The maximum atomic E-state index is 13.6. The van der Waals surface area contributed by atoms with Gasteiger partial charge in [-0.3, -0.25) is 14.7 Å². The van der Waals surface area contributed by atoms with Crippen LogP contribution in [-0.4, -0.2) is 58.1 Å². The van der Waals surface area contributed by atoms with Gasteiger partial charge in [-0.2, -0.15) is 0 Å². The normalized spacial score (nSPS) is 25.8. The van der Waals surface area contributed by atoms with E-state index in [1.54, 1.807) is 12.3 Å². The topological polar surface area (TPSA) is 56.7 Å². The van der Waals surface area contributed by atoms with E-state index in [9.17, 15) is 14.3 Å². The minimum atomic E-state index is -0.529. The maximum absolute atomic E-state index is 13.6.